The van der Waals surface area contributed by atoms with Crippen molar-refractivity contribution in [2.75, 3.05) is 16.4 Å². The monoisotopic (exact) mass is 471 g/mol. The lowest BCUT2D eigenvalue weighted by molar-refractivity contribution is 0.103. The van der Waals surface area contributed by atoms with Crippen LogP contribution in [-0.4, -0.2) is 15.9 Å². The normalized spacial score (nSPS) is 12.7. The van der Waals surface area contributed by atoms with Gasteiger partial charge in [0.1, 0.15) is 0 Å². The van der Waals surface area contributed by atoms with E-state index in [0.29, 0.717) is 22.8 Å². The zero-order valence-corrected chi connectivity index (χ0v) is 19.6. The summed E-state index contributed by atoms with van der Waals surface area (Å²) in [6, 6.07) is 14.8. The van der Waals surface area contributed by atoms with Gasteiger partial charge in [0.05, 0.1) is 10.6 Å². The number of hydrogen-bond donors (Lipinski definition) is 4. The highest BCUT2D eigenvalue weighted by Gasteiger charge is 2.18. The standard InChI is InChI=1S/C26H25N5O2S/c1-15-19(21-14-28-26(33)24(30-21)29-18-8-4-7-17(27)13-18)9-5-10-20(15)31-25(32)23-12-16-6-2-3-11-22(16)34-23/h4-5,7-10,12-14H,2-3,6,11,27H2,1H3,(H,28,33)(H,29,30)(H,31,32). The highest BCUT2D eigenvalue weighted by Crippen LogP contribution is 2.32. The van der Waals surface area contributed by atoms with Crippen LogP contribution in [0.15, 0.2) is 59.5 Å². The van der Waals surface area contributed by atoms with E-state index in [9.17, 15) is 9.59 Å². The zero-order valence-electron chi connectivity index (χ0n) is 18.8. The number of amides is 1. The van der Waals surface area contributed by atoms with Crippen molar-refractivity contribution < 1.29 is 4.79 Å². The molecule has 0 saturated heterocycles. The number of aromatic amines is 1. The molecular weight excluding hydrogens is 446 g/mol. The highest BCUT2D eigenvalue weighted by atomic mass is 32.1. The summed E-state index contributed by atoms with van der Waals surface area (Å²) >= 11 is 1.59. The Morgan fingerprint density at radius 2 is 1.94 bits per heavy atom. The Balaban J connectivity index is 1.41. The lowest BCUT2D eigenvalue weighted by atomic mass is 9.99. The molecule has 0 unspecified atom stereocenters. The van der Waals surface area contributed by atoms with Gasteiger partial charge >= 0.3 is 0 Å². The molecule has 0 saturated carbocycles. The predicted molar refractivity (Wildman–Crippen MR) is 138 cm³/mol. The van der Waals surface area contributed by atoms with Crippen molar-refractivity contribution in [2.45, 2.75) is 32.6 Å². The average molecular weight is 472 g/mol. The average Bonchev–Trinajstić information content (AvgIpc) is 3.27. The number of carbonyl (C=O) groups is 1. The van der Waals surface area contributed by atoms with Crippen LogP contribution in [0, 0.1) is 6.92 Å². The molecule has 5 rings (SSSR count). The van der Waals surface area contributed by atoms with Crippen molar-refractivity contribution in [1.82, 2.24) is 9.97 Å². The number of thiophene rings is 1. The maximum absolute atomic E-state index is 13.0. The third-order valence-electron chi connectivity index (χ3n) is 6.02. The summed E-state index contributed by atoms with van der Waals surface area (Å²) in [4.78, 5) is 34.7. The van der Waals surface area contributed by atoms with Gasteiger partial charge < -0.3 is 21.4 Å². The molecule has 34 heavy (non-hydrogen) atoms. The van der Waals surface area contributed by atoms with Gasteiger partial charge in [0.15, 0.2) is 5.82 Å². The van der Waals surface area contributed by atoms with E-state index in [-0.39, 0.29) is 17.3 Å². The summed E-state index contributed by atoms with van der Waals surface area (Å²) in [6.07, 6.45) is 6.07. The summed E-state index contributed by atoms with van der Waals surface area (Å²) in [5.41, 5.74) is 11.1. The van der Waals surface area contributed by atoms with Crippen molar-refractivity contribution >= 4 is 40.1 Å². The molecule has 8 heteroatoms. The molecule has 2 aromatic carbocycles. The first kappa shape index (κ1) is 21.9. The summed E-state index contributed by atoms with van der Waals surface area (Å²) in [7, 11) is 0. The van der Waals surface area contributed by atoms with Crippen LogP contribution < -0.4 is 21.9 Å². The minimum Gasteiger partial charge on any atom is -0.399 e. The van der Waals surface area contributed by atoms with Crippen molar-refractivity contribution in [3.63, 3.8) is 0 Å². The Bertz CT molecular complexity index is 1420. The third kappa shape index (κ3) is 4.45. The first-order valence-electron chi connectivity index (χ1n) is 11.2. The van der Waals surface area contributed by atoms with E-state index < -0.39 is 0 Å². The number of H-pyrrole nitrogens is 1. The van der Waals surface area contributed by atoms with Crippen molar-refractivity contribution in [2.24, 2.45) is 0 Å². The summed E-state index contributed by atoms with van der Waals surface area (Å²) in [6.45, 7) is 1.93. The van der Waals surface area contributed by atoms with E-state index in [1.807, 2.05) is 37.3 Å². The summed E-state index contributed by atoms with van der Waals surface area (Å²) in [5.74, 6) is 0.0687. The van der Waals surface area contributed by atoms with Crippen molar-refractivity contribution in [1.29, 1.82) is 0 Å². The molecule has 0 radical (unpaired) electrons. The van der Waals surface area contributed by atoms with Gasteiger partial charge in [-0.3, -0.25) is 9.59 Å². The van der Waals surface area contributed by atoms with E-state index in [0.717, 1.165) is 28.8 Å². The molecule has 5 N–H and O–H groups in total. The first-order valence-corrected chi connectivity index (χ1v) is 12.0. The van der Waals surface area contributed by atoms with Crippen LogP contribution in [0.2, 0.25) is 0 Å². The number of fused-ring (bicyclic) bond motifs is 1. The molecule has 4 aromatic rings. The summed E-state index contributed by atoms with van der Waals surface area (Å²) < 4.78 is 0. The van der Waals surface area contributed by atoms with E-state index >= 15 is 0 Å². The molecule has 7 nitrogen and oxygen atoms in total. The molecule has 0 spiro atoms. The lowest BCUT2D eigenvalue weighted by Crippen LogP contribution is -2.14. The molecule has 0 fully saturated rings. The zero-order chi connectivity index (χ0) is 23.7. The van der Waals surface area contributed by atoms with E-state index in [4.69, 9.17) is 5.73 Å². The van der Waals surface area contributed by atoms with Crippen molar-refractivity contribution in [3.05, 3.63) is 86.0 Å². The smallest absolute Gasteiger partial charge is 0.291 e. The van der Waals surface area contributed by atoms with Crippen molar-refractivity contribution in [3.8, 4) is 11.3 Å². The topological polar surface area (TPSA) is 113 Å². The predicted octanol–water partition coefficient (Wildman–Crippen LogP) is 5.26. The number of hydrogen-bond acceptors (Lipinski definition) is 6. The molecule has 0 aliphatic heterocycles. The Hall–Kier alpha value is -3.91. The number of anilines is 4. The number of rotatable bonds is 5. The van der Waals surface area contributed by atoms with Crippen LogP contribution in [-0.2, 0) is 12.8 Å². The highest BCUT2D eigenvalue weighted by molar-refractivity contribution is 7.14. The number of nitrogens with two attached hydrogens (primary N) is 1. The van der Waals surface area contributed by atoms with Gasteiger partial charge in [0.2, 0.25) is 0 Å². The quantitative estimate of drug-likeness (QED) is 0.296. The molecule has 2 heterocycles. The Labute approximate surface area is 201 Å². The van der Waals surface area contributed by atoms with Gasteiger partial charge in [-0.1, -0.05) is 18.2 Å². The maximum atomic E-state index is 13.0. The Morgan fingerprint density at radius 3 is 2.76 bits per heavy atom. The summed E-state index contributed by atoms with van der Waals surface area (Å²) in [5, 5.41) is 6.09. The van der Waals surface area contributed by atoms with Gasteiger partial charge in [-0.15, -0.1) is 11.3 Å². The van der Waals surface area contributed by atoms with Crippen LogP contribution in [0.1, 0.15) is 38.5 Å². The van der Waals surface area contributed by atoms with E-state index in [1.54, 1.807) is 35.7 Å². The SMILES string of the molecule is Cc1c(NC(=O)c2cc3c(s2)CCCC3)cccc1-c1c[nH]c(=O)c(Nc2cccc(N)c2)n1. The van der Waals surface area contributed by atoms with Crippen LogP contribution in [0.3, 0.4) is 0 Å². The minimum atomic E-state index is -0.338. The second kappa shape index (κ2) is 9.15. The molecule has 1 aliphatic carbocycles. The van der Waals surface area contributed by atoms with Crippen LogP contribution in [0.5, 0.6) is 0 Å². The molecule has 2 aromatic heterocycles. The fourth-order valence-electron chi connectivity index (χ4n) is 4.22. The van der Waals surface area contributed by atoms with Crippen LogP contribution in [0.25, 0.3) is 11.3 Å². The second-order valence-electron chi connectivity index (χ2n) is 8.41. The van der Waals surface area contributed by atoms with Gasteiger partial charge in [-0.25, -0.2) is 4.98 Å². The van der Waals surface area contributed by atoms with E-state index in [2.05, 4.69) is 20.6 Å². The number of nitrogens with one attached hydrogen (secondary N) is 3. The molecule has 1 amide bonds. The van der Waals surface area contributed by atoms with Gasteiger partial charge in [0, 0.05) is 33.7 Å². The fraction of sp³-hybridized carbons (Fsp3) is 0.192. The number of aromatic nitrogens is 2. The second-order valence-corrected chi connectivity index (χ2v) is 9.55. The fourth-order valence-corrected chi connectivity index (χ4v) is 5.37. The largest absolute Gasteiger partial charge is 0.399 e. The third-order valence-corrected chi connectivity index (χ3v) is 7.25. The number of aryl methyl sites for hydroxylation is 2. The molecule has 1 aliphatic rings. The molecular formula is C26H25N5O2S. The Morgan fingerprint density at radius 1 is 1.12 bits per heavy atom. The number of nitrogen functional groups attached to an aromatic ring is 1. The Kier molecular flexibility index (Phi) is 5.90. The molecule has 0 bridgehead atoms. The number of carbonyl (C=O) groups excluding carboxylic acids is 1. The lowest BCUT2D eigenvalue weighted by Gasteiger charge is -2.13. The van der Waals surface area contributed by atoms with Gasteiger partial charge in [0.25, 0.3) is 11.5 Å². The minimum absolute atomic E-state index is 0.0990. The van der Waals surface area contributed by atoms with Crippen LogP contribution in [0.4, 0.5) is 22.9 Å². The van der Waals surface area contributed by atoms with Gasteiger partial charge in [-0.05, 0) is 74.1 Å². The first-order chi connectivity index (χ1) is 16.5. The maximum Gasteiger partial charge on any atom is 0.291 e. The van der Waals surface area contributed by atoms with E-state index in [1.165, 1.54) is 23.3 Å². The van der Waals surface area contributed by atoms with Gasteiger partial charge in [-0.2, -0.15) is 0 Å². The molecule has 172 valence electrons. The molecule has 0 atom stereocenters. The number of nitrogens with zero attached hydrogens (tertiary/aromatic N) is 1. The van der Waals surface area contributed by atoms with Crippen LogP contribution >= 0.6 is 11.3 Å². The number of benzene rings is 2.